The molecule has 0 atom stereocenters. The van der Waals surface area contributed by atoms with Gasteiger partial charge in [0.15, 0.2) is 0 Å². The number of aromatic nitrogens is 7. The molecule has 9 heteroatoms. The van der Waals surface area contributed by atoms with Crippen LogP contribution in [0.5, 0.6) is 0 Å². The molecule has 0 bridgehead atoms. The minimum atomic E-state index is -3.01. The Kier molecular flexibility index (Phi) is 7.63. The van der Waals surface area contributed by atoms with Crippen molar-refractivity contribution in [3.8, 4) is 11.4 Å². The average Bonchev–Trinajstić information content (AvgIpc) is 3.50. The summed E-state index contributed by atoms with van der Waals surface area (Å²) in [6.07, 6.45) is 2.29. The minimum absolute atomic E-state index is 0.225. The summed E-state index contributed by atoms with van der Waals surface area (Å²) in [5, 5.41) is 18.4. The molecule has 0 aliphatic heterocycles. The SMILES string of the molecule is CCCCC(F)(F)c1nc(CC(C)C)n(Cc2ccc(Cc3cccc(-c4nn[nH]n4)c3)cc2)n1. The second-order valence-electron chi connectivity index (χ2n) is 9.34. The van der Waals surface area contributed by atoms with Gasteiger partial charge in [0, 0.05) is 18.4 Å². The van der Waals surface area contributed by atoms with Crippen molar-refractivity contribution in [3.05, 3.63) is 76.9 Å². The molecule has 1 N–H and O–H groups in total. The van der Waals surface area contributed by atoms with E-state index in [1.54, 1.807) is 4.68 Å². The normalized spacial score (nSPS) is 11.9. The first-order chi connectivity index (χ1) is 16.8. The van der Waals surface area contributed by atoms with Crippen LogP contribution in [0.4, 0.5) is 8.78 Å². The quantitative estimate of drug-likeness (QED) is 0.304. The Bertz CT molecular complexity index is 1210. The molecular weight excluding hydrogens is 448 g/mol. The first kappa shape index (κ1) is 24.6. The second kappa shape index (κ2) is 10.8. The van der Waals surface area contributed by atoms with Gasteiger partial charge in [0.25, 0.3) is 0 Å². The summed E-state index contributed by atoms with van der Waals surface area (Å²) in [4.78, 5) is 4.26. The molecule has 2 heterocycles. The maximum atomic E-state index is 14.6. The third-order valence-electron chi connectivity index (χ3n) is 5.80. The highest BCUT2D eigenvalue weighted by Gasteiger charge is 2.36. The number of nitrogens with one attached hydrogen (secondary N) is 1. The molecule has 2 aromatic heterocycles. The van der Waals surface area contributed by atoms with Gasteiger partial charge in [0.05, 0.1) is 6.54 Å². The molecular formula is C26H31F2N7. The van der Waals surface area contributed by atoms with E-state index in [2.05, 4.69) is 62.8 Å². The fourth-order valence-electron chi connectivity index (χ4n) is 3.96. The lowest BCUT2D eigenvalue weighted by atomic mass is 10.0. The van der Waals surface area contributed by atoms with Crippen LogP contribution in [-0.4, -0.2) is 35.4 Å². The maximum Gasteiger partial charge on any atom is 0.308 e. The van der Waals surface area contributed by atoms with Gasteiger partial charge in [-0.25, -0.2) is 9.67 Å². The lowest BCUT2D eigenvalue weighted by Crippen LogP contribution is -2.16. The highest BCUT2D eigenvalue weighted by atomic mass is 19.3. The van der Waals surface area contributed by atoms with E-state index < -0.39 is 5.92 Å². The highest BCUT2D eigenvalue weighted by molar-refractivity contribution is 5.55. The predicted molar refractivity (Wildman–Crippen MR) is 130 cm³/mol. The molecule has 35 heavy (non-hydrogen) atoms. The Hall–Kier alpha value is -3.49. The number of hydrogen-bond acceptors (Lipinski definition) is 5. The van der Waals surface area contributed by atoms with Crippen molar-refractivity contribution in [2.45, 2.75) is 65.3 Å². The fraction of sp³-hybridized carbons (Fsp3) is 0.423. The van der Waals surface area contributed by atoms with Crippen molar-refractivity contribution < 1.29 is 8.78 Å². The Morgan fingerprint density at radius 3 is 2.49 bits per heavy atom. The molecule has 184 valence electrons. The van der Waals surface area contributed by atoms with Crippen LogP contribution in [0.25, 0.3) is 11.4 Å². The molecule has 0 fully saturated rings. The van der Waals surface area contributed by atoms with Gasteiger partial charge < -0.3 is 0 Å². The smallest absolute Gasteiger partial charge is 0.245 e. The molecule has 0 radical (unpaired) electrons. The molecule has 2 aromatic carbocycles. The van der Waals surface area contributed by atoms with Crippen molar-refractivity contribution in [1.82, 2.24) is 35.4 Å². The Balaban J connectivity index is 1.49. The van der Waals surface area contributed by atoms with Gasteiger partial charge in [-0.2, -0.15) is 14.0 Å². The average molecular weight is 480 g/mol. The maximum absolute atomic E-state index is 14.6. The molecule has 0 unspecified atom stereocenters. The number of unbranched alkanes of at least 4 members (excludes halogenated alkanes) is 1. The van der Waals surface area contributed by atoms with Crippen LogP contribution in [0.2, 0.25) is 0 Å². The van der Waals surface area contributed by atoms with Crippen LogP contribution in [0.3, 0.4) is 0 Å². The number of tetrazole rings is 1. The standard InChI is InChI=1S/C26H31F2N7/c1-4-5-13-26(27,28)25-29-23(14-18(2)3)35(32-25)17-20-11-9-19(10-12-20)15-21-7-6-8-22(16-21)24-30-33-34-31-24/h6-12,16,18H,4-5,13-15,17H2,1-3H3,(H,30,31,33,34). The molecule has 4 rings (SSSR count). The first-order valence-electron chi connectivity index (χ1n) is 12.1. The van der Waals surface area contributed by atoms with Crippen molar-refractivity contribution in [2.24, 2.45) is 5.92 Å². The van der Waals surface area contributed by atoms with Crippen LogP contribution in [0.15, 0.2) is 48.5 Å². The summed E-state index contributed by atoms with van der Waals surface area (Å²) in [5.74, 6) is -1.91. The number of halogens is 2. The van der Waals surface area contributed by atoms with Crippen molar-refractivity contribution in [3.63, 3.8) is 0 Å². The van der Waals surface area contributed by atoms with E-state index >= 15 is 0 Å². The minimum Gasteiger partial charge on any atom is -0.245 e. The lowest BCUT2D eigenvalue weighted by Gasteiger charge is -2.11. The van der Waals surface area contributed by atoms with E-state index in [-0.39, 0.29) is 12.2 Å². The molecule has 7 nitrogen and oxygen atoms in total. The number of aromatic amines is 1. The number of benzene rings is 2. The van der Waals surface area contributed by atoms with E-state index in [9.17, 15) is 8.78 Å². The summed E-state index contributed by atoms with van der Waals surface area (Å²) in [6.45, 7) is 6.42. The Morgan fingerprint density at radius 2 is 1.80 bits per heavy atom. The van der Waals surface area contributed by atoms with Gasteiger partial charge in [0.2, 0.25) is 11.6 Å². The molecule has 0 spiro atoms. The topological polar surface area (TPSA) is 85.2 Å². The zero-order chi connectivity index (χ0) is 24.8. The number of rotatable bonds is 11. The van der Waals surface area contributed by atoms with Gasteiger partial charge in [-0.1, -0.05) is 69.7 Å². The Labute approximate surface area is 204 Å². The molecule has 0 aliphatic carbocycles. The molecule has 0 aliphatic rings. The van der Waals surface area contributed by atoms with E-state index in [1.165, 1.54) is 0 Å². The summed E-state index contributed by atoms with van der Waals surface area (Å²) in [6, 6.07) is 16.2. The lowest BCUT2D eigenvalue weighted by molar-refractivity contribution is -0.0245. The molecule has 0 saturated carbocycles. The van der Waals surface area contributed by atoms with Gasteiger partial charge in [-0.05, 0) is 46.7 Å². The van der Waals surface area contributed by atoms with E-state index in [1.807, 2.05) is 37.3 Å². The highest BCUT2D eigenvalue weighted by Crippen LogP contribution is 2.31. The van der Waals surface area contributed by atoms with E-state index in [0.29, 0.717) is 43.4 Å². The van der Waals surface area contributed by atoms with Gasteiger partial charge in [-0.15, -0.1) is 15.3 Å². The zero-order valence-corrected chi connectivity index (χ0v) is 20.4. The predicted octanol–water partition coefficient (Wildman–Crippen LogP) is 5.58. The van der Waals surface area contributed by atoms with Gasteiger partial charge in [-0.3, -0.25) is 0 Å². The van der Waals surface area contributed by atoms with Crippen LogP contribution >= 0.6 is 0 Å². The summed E-state index contributed by atoms with van der Waals surface area (Å²) in [7, 11) is 0. The number of nitrogens with zero attached hydrogens (tertiary/aromatic N) is 6. The van der Waals surface area contributed by atoms with Crippen molar-refractivity contribution >= 4 is 0 Å². The van der Waals surface area contributed by atoms with Crippen molar-refractivity contribution in [2.75, 3.05) is 0 Å². The van der Waals surface area contributed by atoms with Crippen LogP contribution in [0, 0.1) is 5.92 Å². The third kappa shape index (κ3) is 6.35. The fourth-order valence-corrected chi connectivity index (χ4v) is 3.96. The van der Waals surface area contributed by atoms with E-state index in [4.69, 9.17) is 0 Å². The van der Waals surface area contributed by atoms with Crippen LogP contribution in [-0.2, 0) is 25.3 Å². The first-order valence-corrected chi connectivity index (χ1v) is 12.1. The number of alkyl halides is 2. The second-order valence-corrected chi connectivity index (χ2v) is 9.34. The van der Waals surface area contributed by atoms with Crippen LogP contribution < -0.4 is 0 Å². The van der Waals surface area contributed by atoms with Crippen LogP contribution in [0.1, 0.15) is 68.4 Å². The third-order valence-corrected chi connectivity index (χ3v) is 5.80. The zero-order valence-electron chi connectivity index (χ0n) is 20.4. The summed E-state index contributed by atoms with van der Waals surface area (Å²) >= 11 is 0. The van der Waals surface area contributed by atoms with Crippen molar-refractivity contribution in [1.29, 1.82) is 0 Å². The number of H-pyrrole nitrogens is 1. The molecule has 4 aromatic rings. The Morgan fingerprint density at radius 1 is 1.03 bits per heavy atom. The largest absolute Gasteiger partial charge is 0.308 e. The summed E-state index contributed by atoms with van der Waals surface area (Å²) < 4.78 is 30.9. The monoisotopic (exact) mass is 479 g/mol. The number of hydrogen-bond donors (Lipinski definition) is 1. The molecule has 0 saturated heterocycles. The van der Waals surface area contributed by atoms with Gasteiger partial charge >= 0.3 is 5.92 Å². The van der Waals surface area contributed by atoms with E-state index in [0.717, 1.165) is 28.7 Å². The summed E-state index contributed by atoms with van der Waals surface area (Å²) in [5.41, 5.74) is 4.18. The molecule has 0 amide bonds. The van der Waals surface area contributed by atoms with Gasteiger partial charge in [0.1, 0.15) is 5.82 Å².